The zero-order valence-electron chi connectivity index (χ0n) is 12.8. The minimum Gasteiger partial charge on any atom is -0.480 e. The Kier molecular flexibility index (Phi) is 7.83. The largest absolute Gasteiger partial charge is 0.480 e. The highest BCUT2D eigenvalue weighted by molar-refractivity contribution is 7.80. The first kappa shape index (κ1) is 19.2. The lowest BCUT2D eigenvalue weighted by Gasteiger charge is -2.21. The van der Waals surface area contributed by atoms with Crippen molar-refractivity contribution in [3.63, 3.8) is 0 Å². The second-order valence-corrected chi connectivity index (χ2v) is 5.60. The van der Waals surface area contributed by atoms with Crippen molar-refractivity contribution in [3.05, 3.63) is 0 Å². The van der Waals surface area contributed by atoms with Crippen LogP contribution in [0.1, 0.15) is 19.8 Å². The summed E-state index contributed by atoms with van der Waals surface area (Å²) < 4.78 is 0. The number of carboxylic acids is 1. The zero-order chi connectivity index (χ0) is 17.4. The van der Waals surface area contributed by atoms with Crippen LogP contribution in [0.25, 0.3) is 0 Å². The van der Waals surface area contributed by atoms with Gasteiger partial charge in [-0.1, -0.05) is 0 Å². The molecule has 0 radical (unpaired) electrons. The van der Waals surface area contributed by atoms with E-state index in [2.05, 4.69) is 33.9 Å². The van der Waals surface area contributed by atoms with Crippen molar-refractivity contribution in [1.29, 1.82) is 0 Å². The molecule has 130 valence electrons. The van der Waals surface area contributed by atoms with Gasteiger partial charge >= 0.3 is 5.97 Å². The number of carboxylic acid groups (broad SMARTS) is 1. The fourth-order valence-corrected chi connectivity index (χ4v) is 2.33. The third kappa shape index (κ3) is 6.45. The molecule has 0 aromatic rings. The fraction of sp³-hybridized carbons (Fsp3) is 0.692. The summed E-state index contributed by atoms with van der Waals surface area (Å²) in [5.74, 6) is -2.55. The van der Waals surface area contributed by atoms with Gasteiger partial charge in [0.15, 0.2) is 0 Å². The molecule has 1 rings (SSSR count). The minimum absolute atomic E-state index is 0.0771. The lowest BCUT2D eigenvalue weighted by molar-refractivity contribution is -0.138. The van der Waals surface area contributed by atoms with Crippen molar-refractivity contribution in [2.75, 3.05) is 18.8 Å². The highest BCUT2D eigenvalue weighted by Crippen LogP contribution is 2.05. The van der Waals surface area contributed by atoms with Crippen LogP contribution < -0.4 is 21.3 Å². The highest BCUT2D eigenvalue weighted by Gasteiger charge is 2.28. The Morgan fingerprint density at radius 1 is 1.26 bits per heavy atom. The number of hydrogen-bond donors (Lipinski definition) is 6. The van der Waals surface area contributed by atoms with Gasteiger partial charge in [-0.15, -0.1) is 0 Å². The summed E-state index contributed by atoms with van der Waals surface area (Å²) in [6.07, 6.45) is 1.61. The van der Waals surface area contributed by atoms with E-state index in [4.69, 9.17) is 5.11 Å². The van der Waals surface area contributed by atoms with Crippen molar-refractivity contribution < 1.29 is 24.3 Å². The van der Waals surface area contributed by atoms with Crippen LogP contribution in [0.5, 0.6) is 0 Å². The molecule has 1 fully saturated rings. The first-order valence-electron chi connectivity index (χ1n) is 7.29. The molecule has 23 heavy (non-hydrogen) atoms. The molecule has 1 aliphatic rings. The van der Waals surface area contributed by atoms with Gasteiger partial charge in [0.25, 0.3) is 0 Å². The van der Waals surface area contributed by atoms with E-state index in [0.29, 0.717) is 6.42 Å². The molecule has 0 aromatic carbocycles. The molecule has 5 N–H and O–H groups in total. The van der Waals surface area contributed by atoms with Gasteiger partial charge in [0.2, 0.25) is 17.7 Å². The predicted molar refractivity (Wildman–Crippen MR) is 85.1 cm³/mol. The first-order valence-corrected chi connectivity index (χ1v) is 7.93. The Hall–Kier alpha value is -1.81. The Bertz CT molecular complexity index is 467. The maximum absolute atomic E-state index is 12.1. The smallest absolute Gasteiger partial charge is 0.322 e. The number of thiol groups is 1. The highest BCUT2D eigenvalue weighted by atomic mass is 32.1. The predicted octanol–water partition coefficient (Wildman–Crippen LogP) is -2.14. The van der Waals surface area contributed by atoms with E-state index in [9.17, 15) is 19.2 Å². The second-order valence-electron chi connectivity index (χ2n) is 5.23. The molecule has 0 saturated carbocycles. The Labute approximate surface area is 139 Å². The quantitative estimate of drug-likeness (QED) is 0.278. The maximum atomic E-state index is 12.1. The summed E-state index contributed by atoms with van der Waals surface area (Å²) in [5.41, 5.74) is 0. The van der Waals surface area contributed by atoms with Gasteiger partial charge in [-0.3, -0.25) is 19.2 Å². The van der Waals surface area contributed by atoms with Crippen molar-refractivity contribution in [2.45, 2.75) is 37.9 Å². The van der Waals surface area contributed by atoms with Crippen LogP contribution in [0.3, 0.4) is 0 Å². The number of rotatable bonds is 8. The molecule has 9 nitrogen and oxygen atoms in total. The number of carbonyl (C=O) groups excluding carboxylic acids is 3. The number of amides is 3. The summed E-state index contributed by atoms with van der Waals surface area (Å²) in [7, 11) is 0. The molecule has 0 bridgehead atoms. The summed E-state index contributed by atoms with van der Waals surface area (Å²) >= 11 is 4.04. The van der Waals surface area contributed by atoms with Crippen LogP contribution in [0, 0.1) is 0 Å². The molecule has 3 amide bonds. The lowest BCUT2D eigenvalue weighted by atomic mass is 10.2. The fourth-order valence-electron chi connectivity index (χ4n) is 2.07. The van der Waals surface area contributed by atoms with Crippen LogP contribution in [-0.2, 0) is 19.2 Å². The number of aliphatic carboxylic acids is 1. The standard InChI is InChI=1S/C13H22N4O5S/c1-7(11(20)15-5-10(18)19)16-13(22)9(6-23)17-12(21)8-3-2-4-14-8/h7-9,14,23H,2-6H2,1H3,(H,15,20)(H,16,22)(H,17,21)(H,18,19). The summed E-state index contributed by atoms with van der Waals surface area (Å²) in [5, 5.41) is 18.7. The van der Waals surface area contributed by atoms with E-state index in [1.54, 1.807) is 0 Å². The van der Waals surface area contributed by atoms with Crippen LogP contribution in [0.15, 0.2) is 0 Å². The molecule has 1 heterocycles. The molecule has 0 spiro atoms. The van der Waals surface area contributed by atoms with Crippen LogP contribution in [0.2, 0.25) is 0 Å². The Morgan fingerprint density at radius 2 is 1.96 bits per heavy atom. The van der Waals surface area contributed by atoms with E-state index in [1.165, 1.54) is 6.92 Å². The average Bonchev–Trinajstić information content (AvgIpc) is 3.03. The number of hydrogen-bond acceptors (Lipinski definition) is 6. The van der Waals surface area contributed by atoms with Gasteiger partial charge in [-0.25, -0.2) is 0 Å². The lowest BCUT2D eigenvalue weighted by Crippen LogP contribution is -2.55. The van der Waals surface area contributed by atoms with E-state index in [-0.39, 0.29) is 17.7 Å². The molecular weight excluding hydrogens is 324 g/mol. The summed E-state index contributed by atoms with van der Waals surface area (Å²) in [6.45, 7) is 1.65. The van der Waals surface area contributed by atoms with E-state index < -0.39 is 36.4 Å². The van der Waals surface area contributed by atoms with E-state index in [0.717, 1.165) is 13.0 Å². The van der Waals surface area contributed by atoms with Gasteiger partial charge in [0.1, 0.15) is 18.6 Å². The van der Waals surface area contributed by atoms with Gasteiger partial charge < -0.3 is 26.4 Å². The molecule has 0 aliphatic carbocycles. The molecule has 1 saturated heterocycles. The van der Waals surface area contributed by atoms with Crippen molar-refractivity contribution >= 4 is 36.3 Å². The number of nitrogens with one attached hydrogen (secondary N) is 4. The van der Waals surface area contributed by atoms with Gasteiger partial charge in [-0.2, -0.15) is 12.6 Å². The average molecular weight is 346 g/mol. The summed E-state index contributed by atoms with van der Waals surface area (Å²) in [6, 6.07) is -2.12. The third-order valence-corrected chi connectivity index (χ3v) is 3.72. The van der Waals surface area contributed by atoms with Gasteiger partial charge in [0, 0.05) is 5.75 Å². The molecule has 1 aliphatic heterocycles. The Morgan fingerprint density at radius 3 is 2.48 bits per heavy atom. The van der Waals surface area contributed by atoms with Gasteiger partial charge in [0.05, 0.1) is 6.04 Å². The zero-order valence-corrected chi connectivity index (χ0v) is 13.7. The van der Waals surface area contributed by atoms with E-state index in [1.807, 2.05) is 0 Å². The van der Waals surface area contributed by atoms with Crippen molar-refractivity contribution in [2.24, 2.45) is 0 Å². The number of carbonyl (C=O) groups is 4. The van der Waals surface area contributed by atoms with Crippen molar-refractivity contribution in [1.82, 2.24) is 21.3 Å². The molecule has 3 atom stereocenters. The molecular formula is C13H22N4O5S. The minimum atomic E-state index is -1.18. The monoisotopic (exact) mass is 346 g/mol. The van der Waals surface area contributed by atoms with Gasteiger partial charge in [-0.05, 0) is 26.3 Å². The van der Waals surface area contributed by atoms with Crippen LogP contribution in [-0.4, -0.2) is 65.8 Å². The Balaban J connectivity index is 2.47. The first-order chi connectivity index (χ1) is 10.8. The topological polar surface area (TPSA) is 137 Å². The maximum Gasteiger partial charge on any atom is 0.322 e. The van der Waals surface area contributed by atoms with Crippen LogP contribution in [0.4, 0.5) is 0 Å². The summed E-state index contributed by atoms with van der Waals surface area (Å²) in [4.78, 5) is 46.1. The second kappa shape index (κ2) is 9.36. The van der Waals surface area contributed by atoms with Crippen molar-refractivity contribution in [3.8, 4) is 0 Å². The molecule has 10 heteroatoms. The third-order valence-electron chi connectivity index (χ3n) is 3.36. The van der Waals surface area contributed by atoms with E-state index >= 15 is 0 Å². The normalized spacial score (nSPS) is 19.5. The molecule has 3 unspecified atom stereocenters. The SMILES string of the molecule is CC(NC(=O)C(CS)NC(=O)C1CCCN1)C(=O)NCC(=O)O. The van der Waals surface area contributed by atoms with Crippen LogP contribution >= 0.6 is 12.6 Å². The molecule has 0 aromatic heterocycles.